The van der Waals surface area contributed by atoms with Crippen LogP contribution in [-0.2, 0) is 21.4 Å². The van der Waals surface area contributed by atoms with Gasteiger partial charge in [-0.05, 0) is 54.5 Å². The number of amides is 1. The van der Waals surface area contributed by atoms with Gasteiger partial charge in [0.05, 0.1) is 33.0 Å². The Morgan fingerprint density at radius 1 is 1.00 bits per heavy atom. The van der Waals surface area contributed by atoms with Crippen molar-refractivity contribution in [2.45, 2.75) is 17.9 Å². The molecule has 1 heterocycles. The number of sulfonamides is 1. The van der Waals surface area contributed by atoms with Gasteiger partial charge in [0.15, 0.2) is 0 Å². The molecule has 7 nitrogen and oxygen atoms in total. The maximum atomic E-state index is 12.6. The summed E-state index contributed by atoms with van der Waals surface area (Å²) in [6.45, 7) is 1.28. The van der Waals surface area contributed by atoms with Gasteiger partial charge in [-0.3, -0.25) is 9.52 Å². The number of aryl methyl sites for hydroxylation is 1. The Kier molecular flexibility index (Phi) is 7.30. The first-order chi connectivity index (χ1) is 16.4. The maximum Gasteiger partial charge on any atom is 0.261 e. The molecule has 9 heteroatoms. The molecule has 0 bridgehead atoms. The topological polar surface area (TPSA) is 93.1 Å². The van der Waals surface area contributed by atoms with Crippen LogP contribution in [0.2, 0.25) is 5.02 Å². The van der Waals surface area contributed by atoms with Gasteiger partial charge in [0.2, 0.25) is 5.91 Å². The van der Waals surface area contributed by atoms with Crippen LogP contribution in [0, 0.1) is 0 Å². The van der Waals surface area contributed by atoms with Crippen LogP contribution < -0.4 is 10.0 Å². The second-order valence-electron chi connectivity index (χ2n) is 7.56. The molecular formula is C25H23ClN4O3S. The summed E-state index contributed by atoms with van der Waals surface area (Å²) in [6.07, 6.45) is 5.64. The molecule has 0 fully saturated rings. The second-order valence-corrected chi connectivity index (χ2v) is 9.65. The third-order valence-electron chi connectivity index (χ3n) is 5.14. The van der Waals surface area contributed by atoms with Gasteiger partial charge in [-0.1, -0.05) is 48.0 Å². The molecule has 4 aromatic rings. The van der Waals surface area contributed by atoms with Crippen LogP contribution in [0.25, 0.3) is 17.1 Å². The normalized spacial score (nSPS) is 11.7. The van der Waals surface area contributed by atoms with E-state index >= 15 is 0 Å². The molecule has 34 heavy (non-hydrogen) atoms. The molecule has 0 unspecified atom stereocenters. The predicted molar refractivity (Wildman–Crippen MR) is 135 cm³/mol. The Hall–Kier alpha value is -3.62. The Labute approximate surface area is 203 Å². The molecule has 0 spiro atoms. The Balaban J connectivity index is 1.27. The van der Waals surface area contributed by atoms with Gasteiger partial charge in [0, 0.05) is 19.2 Å². The summed E-state index contributed by atoms with van der Waals surface area (Å²) >= 11 is 6.03. The standard InChI is InChI=1S/C25H23ClN4O3S/c26-21-6-1-2-7-22(21)29-34(32,33)20-13-10-19(11-14-20)12-15-25(31)27-16-5-17-30-18-28-23-8-3-4-9-24(23)30/h1-4,6-15,18,29H,5,16-17H2,(H,27,31)/b15-12+. The van der Waals surface area contributed by atoms with Gasteiger partial charge in [0.25, 0.3) is 10.0 Å². The highest BCUT2D eigenvalue weighted by atomic mass is 35.5. The van der Waals surface area contributed by atoms with Crippen LogP contribution >= 0.6 is 11.6 Å². The van der Waals surface area contributed by atoms with Crippen LogP contribution in [0.15, 0.2) is 90.1 Å². The minimum absolute atomic E-state index is 0.0982. The smallest absolute Gasteiger partial charge is 0.261 e. The first-order valence-corrected chi connectivity index (χ1v) is 12.5. The van der Waals surface area contributed by atoms with Crippen molar-refractivity contribution in [3.8, 4) is 0 Å². The lowest BCUT2D eigenvalue weighted by Gasteiger charge is -2.09. The van der Waals surface area contributed by atoms with E-state index in [0.29, 0.717) is 22.8 Å². The van der Waals surface area contributed by atoms with Gasteiger partial charge < -0.3 is 9.88 Å². The molecule has 0 saturated heterocycles. The van der Waals surface area contributed by atoms with Crippen molar-refractivity contribution in [3.63, 3.8) is 0 Å². The van der Waals surface area contributed by atoms with E-state index in [9.17, 15) is 13.2 Å². The first kappa shape index (κ1) is 23.5. The average Bonchev–Trinajstić information content (AvgIpc) is 3.25. The maximum absolute atomic E-state index is 12.6. The van der Waals surface area contributed by atoms with E-state index in [2.05, 4.69) is 19.6 Å². The van der Waals surface area contributed by atoms with E-state index in [1.165, 1.54) is 18.2 Å². The number of hydrogen-bond donors (Lipinski definition) is 2. The third kappa shape index (κ3) is 5.84. The van der Waals surface area contributed by atoms with E-state index in [0.717, 1.165) is 24.0 Å². The van der Waals surface area contributed by atoms with Crippen molar-refractivity contribution < 1.29 is 13.2 Å². The van der Waals surface area contributed by atoms with Crippen molar-refractivity contribution in [3.05, 3.63) is 95.8 Å². The number of nitrogens with one attached hydrogen (secondary N) is 2. The molecule has 0 aliphatic rings. The highest BCUT2D eigenvalue weighted by Crippen LogP contribution is 2.24. The number of rotatable bonds is 9. The fraction of sp³-hybridized carbons (Fsp3) is 0.120. The molecule has 0 aliphatic heterocycles. The number of hydrogen-bond acceptors (Lipinski definition) is 4. The molecule has 174 valence electrons. The summed E-state index contributed by atoms with van der Waals surface area (Å²) in [7, 11) is -3.78. The zero-order valence-corrected chi connectivity index (χ0v) is 19.8. The zero-order chi connectivity index (χ0) is 24.0. The van der Waals surface area contributed by atoms with Gasteiger partial charge in [-0.25, -0.2) is 13.4 Å². The molecule has 4 rings (SSSR count). The van der Waals surface area contributed by atoms with Crippen molar-refractivity contribution in [1.29, 1.82) is 0 Å². The summed E-state index contributed by atoms with van der Waals surface area (Å²) in [5, 5.41) is 3.17. The van der Waals surface area contributed by atoms with Gasteiger partial charge in [0.1, 0.15) is 0 Å². The van der Waals surface area contributed by atoms with E-state index in [-0.39, 0.29) is 10.8 Å². The van der Waals surface area contributed by atoms with Crippen molar-refractivity contribution in [1.82, 2.24) is 14.9 Å². The number of benzene rings is 3. The Bertz CT molecular complexity index is 1430. The van der Waals surface area contributed by atoms with Gasteiger partial charge >= 0.3 is 0 Å². The lowest BCUT2D eigenvalue weighted by Crippen LogP contribution is -2.23. The Morgan fingerprint density at radius 3 is 2.53 bits per heavy atom. The summed E-state index contributed by atoms with van der Waals surface area (Å²) in [4.78, 5) is 16.6. The van der Waals surface area contributed by atoms with Gasteiger partial charge in [-0.15, -0.1) is 0 Å². The number of aromatic nitrogens is 2. The number of nitrogens with zero attached hydrogens (tertiary/aromatic N) is 2. The molecule has 0 saturated carbocycles. The molecule has 0 atom stereocenters. The summed E-state index contributed by atoms with van der Waals surface area (Å²) in [6, 6.07) is 20.8. The third-order valence-corrected chi connectivity index (χ3v) is 6.85. The van der Waals surface area contributed by atoms with Gasteiger partial charge in [-0.2, -0.15) is 0 Å². The van der Waals surface area contributed by atoms with E-state index in [1.807, 2.05) is 24.3 Å². The molecule has 1 aromatic heterocycles. The van der Waals surface area contributed by atoms with Crippen LogP contribution in [0.5, 0.6) is 0 Å². The number of anilines is 1. The second kappa shape index (κ2) is 10.5. The van der Waals surface area contributed by atoms with Crippen molar-refractivity contribution >= 4 is 50.3 Å². The minimum atomic E-state index is -3.78. The number of carbonyl (C=O) groups excluding carboxylic acids is 1. The monoisotopic (exact) mass is 494 g/mol. The molecule has 2 N–H and O–H groups in total. The fourth-order valence-electron chi connectivity index (χ4n) is 3.39. The van der Waals surface area contributed by atoms with E-state index in [1.54, 1.807) is 48.8 Å². The Morgan fingerprint density at radius 2 is 1.74 bits per heavy atom. The lowest BCUT2D eigenvalue weighted by molar-refractivity contribution is -0.116. The van der Waals surface area contributed by atoms with Crippen molar-refractivity contribution in [2.75, 3.05) is 11.3 Å². The zero-order valence-electron chi connectivity index (χ0n) is 18.2. The quantitative estimate of drug-likeness (QED) is 0.260. The van der Waals surface area contributed by atoms with E-state index in [4.69, 9.17) is 11.6 Å². The SMILES string of the molecule is O=C(/C=C/c1ccc(S(=O)(=O)Nc2ccccc2Cl)cc1)NCCCn1cnc2ccccc21. The molecule has 0 aliphatic carbocycles. The number of imidazole rings is 1. The number of fused-ring (bicyclic) bond motifs is 1. The van der Waals surface area contributed by atoms with Crippen molar-refractivity contribution in [2.24, 2.45) is 0 Å². The lowest BCUT2D eigenvalue weighted by atomic mass is 10.2. The van der Waals surface area contributed by atoms with Crippen LogP contribution in [0.1, 0.15) is 12.0 Å². The van der Waals surface area contributed by atoms with Crippen LogP contribution in [-0.4, -0.2) is 30.4 Å². The number of halogens is 1. The molecule has 3 aromatic carbocycles. The fourth-order valence-corrected chi connectivity index (χ4v) is 4.70. The van der Waals surface area contributed by atoms with Crippen LogP contribution in [0.4, 0.5) is 5.69 Å². The summed E-state index contributed by atoms with van der Waals surface area (Å²) < 4.78 is 29.7. The largest absolute Gasteiger partial charge is 0.352 e. The molecular weight excluding hydrogens is 472 g/mol. The predicted octanol–water partition coefficient (Wildman–Crippen LogP) is 4.71. The van der Waals surface area contributed by atoms with Crippen LogP contribution in [0.3, 0.4) is 0 Å². The summed E-state index contributed by atoms with van der Waals surface area (Å²) in [5.74, 6) is -0.215. The molecule has 0 radical (unpaired) electrons. The van der Waals surface area contributed by atoms with E-state index < -0.39 is 10.0 Å². The number of para-hydroxylation sites is 3. The average molecular weight is 495 g/mol. The highest BCUT2D eigenvalue weighted by Gasteiger charge is 2.15. The highest BCUT2D eigenvalue weighted by molar-refractivity contribution is 7.92. The number of carbonyl (C=O) groups is 1. The molecule has 1 amide bonds. The summed E-state index contributed by atoms with van der Waals surface area (Å²) in [5.41, 5.74) is 3.04. The minimum Gasteiger partial charge on any atom is -0.352 e. The first-order valence-electron chi connectivity index (χ1n) is 10.7.